The largest absolute Gasteiger partial charge is 0.455 e. The van der Waals surface area contributed by atoms with Crippen LogP contribution in [0.25, 0.3) is 0 Å². The van der Waals surface area contributed by atoms with E-state index in [1.807, 2.05) is 13.8 Å². The summed E-state index contributed by atoms with van der Waals surface area (Å²) < 4.78 is 11.1. The number of morpholine rings is 1. The molecule has 6 atom stereocenters. The van der Waals surface area contributed by atoms with Crippen LogP contribution in [0, 0.1) is 17.3 Å². The van der Waals surface area contributed by atoms with Crippen LogP contribution in [0.4, 0.5) is 0 Å². The summed E-state index contributed by atoms with van der Waals surface area (Å²) in [7, 11) is 0. The van der Waals surface area contributed by atoms with E-state index < -0.39 is 11.0 Å². The fraction of sp³-hybridized carbons (Fsp3) is 0.895. The van der Waals surface area contributed by atoms with Gasteiger partial charge in [0.05, 0.1) is 23.2 Å². The Balaban J connectivity index is 1.37. The molecule has 5 fully saturated rings. The van der Waals surface area contributed by atoms with Crippen LogP contribution < -0.4 is 0 Å². The first kappa shape index (κ1) is 17.3. The van der Waals surface area contributed by atoms with Gasteiger partial charge in [0.1, 0.15) is 0 Å². The maximum Gasteiger partial charge on any atom is 0.312 e. The molecule has 1 heterocycles. The minimum absolute atomic E-state index is 0.000743. The molecule has 25 heavy (non-hydrogen) atoms. The van der Waals surface area contributed by atoms with Gasteiger partial charge < -0.3 is 19.5 Å². The van der Waals surface area contributed by atoms with Crippen molar-refractivity contribution in [3.8, 4) is 0 Å². The molecule has 1 aliphatic heterocycles. The lowest BCUT2D eigenvalue weighted by Crippen LogP contribution is -2.58. The van der Waals surface area contributed by atoms with Gasteiger partial charge in [0.25, 0.3) is 5.91 Å². The third-order valence-corrected chi connectivity index (χ3v) is 6.56. The first-order valence-corrected chi connectivity index (χ1v) is 9.60. The Hall–Kier alpha value is -1.14. The van der Waals surface area contributed by atoms with Gasteiger partial charge in [-0.2, -0.15) is 0 Å². The van der Waals surface area contributed by atoms with E-state index in [1.54, 1.807) is 4.90 Å². The second-order valence-electron chi connectivity index (χ2n) is 9.10. The van der Waals surface area contributed by atoms with Crippen molar-refractivity contribution in [2.75, 3.05) is 19.7 Å². The summed E-state index contributed by atoms with van der Waals surface area (Å²) in [5, 5.41) is 10.8. The van der Waals surface area contributed by atoms with Gasteiger partial charge in [0.15, 0.2) is 6.61 Å². The molecular weight excluding hydrogens is 322 g/mol. The maximum absolute atomic E-state index is 12.8. The summed E-state index contributed by atoms with van der Waals surface area (Å²) in [6.45, 7) is 4.76. The number of nitrogens with zero attached hydrogens (tertiary/aromatic N) is 1. The highest BCUT2D eigenvalue weighted by Crippen LogP contribution is 2.61. The predicted octanol–water partition coefficient (Wildman–Crippen LogP) is 1.50. The Morgan fingerprint density at radius 3 is 2.28 bits per heavy atom. The lowest BCUT2D eigenvalue weighted by Gasteiger charge is -2.58. The standard InChI is InChI=1S/C19H29NO5/c1-12-8-20(9-13(2)25-12)16(21)10-24-17(22)18-4-14-3-15(5-18)7-19(23,6-14)11-18/h12-15,23H,3-11H2,1-2H3/t12-,13+,14-,15+,18?,19?. The molecule has 2 unspecified atom stereocenters. The smallest absolute Gasteiger partial charge is 0.312 e. The normalized spacial score (nSPS) is 45.5. The third kappa shape index (κ3) is 3.19. The summed E-state index contributed by atoms with van der Waals surface area (Å²) in [6.07, 6.45) is 4.89. The molecule has 4 bridgehead atoms. The van der Waals surface area contributed by atoms with Crippen LogP contribution in [0.3, 0.4) is 0 Å². The molecule has 5 rings (SSSR count). The quantitative estimate of drug-likeness (QED) is 0.780. The highest BCUT2D eigenvalue weighted by atomic mass is 16.5. The zero-order valence-corrected chi connectivity index (χ0v) is 15.2. The van der Waals surface area contributed by atoms with Gasteiger partial charge >= 0.3 is 5.97 Å². The van der Waals surface area contributed by atoms with Crippen LogP contribution in [0.1, 0.15) is 52.4 Å². The lowest BCUT2D eigenvalue weighted by molar-refractivity contribution is -0.197. The van der Waals surface area contributed by atoms with Crippen LogP contribution >= 0.6 is 0 Å². The van der Waals surface area contributed by atoms with Crippen LogP contribution in [-0.2, 0) is 19.1 Å². The Kier molecular flexibility index (Phi) is 4.11. The van der Waals surface area contributed by atoms with Gasteiger partial charge in [-0.3, -0.25) is 9.59 Å². The van der Waals surface area contributed by atoms with Crippen LogP contribution in [0.2, 0.25) is 0 Å². The number of carbonyl (C=O) groups is 2. The molecule has 6 nitrogen and oxygen atoms in total. The second-order valence-corrected chi connectivity index (χ2v) is 9.10. The van der Waals surface area contributed by atoms with Crippen molar-refractivity contribution < 1.29 is 24.2 Å². The van der Waals surface area contributed by atoms with Gasteiger partial charge in [-0.25, -0.2) is 0 Å². The number of aliphatic hydroxyl groups is 1. The molecule has 4 aliphatic carbocycles. The van der Waals surface area contributed by atoms with Crippen molar-refractivity contribution in [3.05, 3.63) is 0 Å². The molecule has 5 aliphatic rings. The highest BCUT2D eigenvalue weighted by Gasteiger charge is 2.60. The van der Waals surface area contributed by atoms with Crippen LogP contribution in [-0.4, -0.2) is 59.4 Å². The number of ether oxygens (including phenoxy) is 2. The van der Waals surface area contributed by atoms with Crippen LogP contribution in [0.15, 0.2) is 0 Å². The van der Waals surface area contributed by atoms with Crippen LogP contribution in [0.5, 0.6) is 0 Å². The molecule has 6 heteroatoms. The molecular formula is C19H29NO5. The summed E-state index contributed by atoms with van der Waals surface area (Å²) in [5.74, 6) is 0.424. The zero-order chi connectivity index (χ0) is 17.8. The van der Waals surface area contributed by atoms with Crippen molar-refractivity contribution in [1.29, 1.82) is 0 Å². The molecule has 0 aromatic carbocycles. The van der Waals surface area contributed by atoms with E-state index in [-0.39, 0.29) is 30.7 Å². The number of hydrogen-bond acceptors (Lipinski definition) is 5. The van der Waals surface area contributed by atoms with Gasteiger partial charge in [0, 0.05) is 13.1 Å². The topological polar surface area (TPSA) is 76.1 Å². The molecule has 1 N–H and O–H groups in total. The SMILES string of the molecule is C[C@@H]1CN(C(=O)COC(=O)C23C[C@@H]4C[C@@H](CC(O)(C4)C2)C3)C[C@H](C)O1. The summed E-state index contributed by atoms with van der Waals surface area (Å²) in [4.78, 5) is 27.0. The first-order chi connectivity index (χ1) is 11.8. The molecule has 0 radical (unpaired) electrons. The fourth-order valence-corrected chi connectivity index (χ4v) is 6.21. The van der Waals surface area contributed by atoms with E-state index in [1.165, 1.54) is 0 Å². The zero-order valence-electron chi connectivity index (χ0n) is 15.2. The molecule has 140 valence electrons. The second kappa shape index (κ2) is 5.95. The molecule has 1 saturated heterocycles. The maximum atomic E-state index is 12.8. The van der Waals surface area contributed by atoms with E-state index in [0.717, 1.165) is 32.1 Å². The van der Waals surface area contributed by atoms with Crippen molar-refractivity contribution in [2.45, 2.75) is 70.2 Å². The molecule has 0 aromatic rings. The summed E-state index contributed by atoms with van der Waals surface area (Å²) >= 11 is 0. The Morgan fingerprint density at radius 2 is 1.72 bits per heavy atom. The van der Waals surface area contributed by atoms with E-state index >= 15 is 0 Å². The number of rotatable bonds is 3. The average molecular weight is 351 g/mol. The van der Waals surface area contributed by atoms with Crippen molar-refractivity contribution in [2.24, 2.45) is 17.3 Å². The fourth-order valence-electron chi connectivity index (χ4n) is 6.21. The summed E-state index contributed by atoms with van der Waals surface area (Å²) in [6, 6.07) is 0. The summed E-state index contributed by atoms with van der Waals surface area (Å²) in [5.41, 5.74) is -1.26. The molecule has 0 spiro atoms. The van der Waals surface area contributed by atoms with Gasteiger partial charge in [0.2, 0.25) is 0 Å². The highest BCUT2D eigenvalue weighted by molar-refractivity contribution is 5.83. The Bertz CT molecular complexity index is 552. The minimum atomic E-state index is -0.692. The molecule has 0 aromatic heterocycles. The van der Waals surface area contributed by atoms with Gasteiger partial charge in [-0.1, -0.05) is 0 Å². The number of carbonyl (C=O) groups excluding carboxylic acids is 2. The van der Waals surface area contributed by atoms with Gasteiger partial charge in [-0.15, -0.1) is 0 Å². The van der Waals surface area contributed by atoms with E-state index in [4.69, 9.17) is 9.47 Å². The predicted molar refractivity (Wildman–Crippen MR) is 89.6 cm³/mol. The van der Waals surface area contributed by atoms with E-state index in [2.05, 4.69) is 0 Å². The van der Waals surface area contributed by atoms with E-state index in [9.17, 15) is 14.7 Å². The number of hydrogen-bond donors (Lipinski definition) is 1. The molecule has 1 amide bonds. The Morgan fingerprint density at radius 1 is 1.12 bits per heavy atom. The van der Waals surface area contributed by atoms with Crippen molar-refractivity contribution >= 4 is 11.9 Å². The first-order valence-electron chi connectivity index (χ1n) is 9.60. The minimum Gasteiger partial charge on any atom is -0.455 e. The molecule has 4 saturated carbocycles. The monoisotopic (exact) mass is 351 g/mol. The third-order valence-electron chi connectivity index (χ3n) is 6.56. The number of esters is 1. The lowest BCUT2D eigenvalue weighted by atomic mass is 9.48. The van der Waals surface area contributed by atoms with Crippen molar-refractivity contribution in [3.63, 3.8) is 0 Å². The van der Waals surface area contributed by atoms with E-state index in [0.29, 0.717) is 31.3 Å². The average Bonchev–Trinajstić information content (AvgIpc) is 2.48. The number of amides is 1. The van der Waals surface area contributed by atoms with Crippen molar-refractivity contribution in [1.82, 2.24) is 4.90 Å². The van der Waals surface area contributed by atoms with Gasteiger partial charge in [-0.05, 0) is 64.2 Å². The Labute approximate surface area is 148 Å².